The van der Waals surface area contributed by atoms with Gasteiger partial charge in [-0.1, -0.05) is 12.1 Å². The average molecular weight is 310 g/mol. The SMILES string of the molecule is COc1ccccc1NC(=O)c1cnc(-c2ccco2)nc1N. The maximum Gasteiger partial charge on any atom is 0.261 e. The Morgan fingerprint density at radius 1 is 1.26 bits per heavy atom. The fourth-order valence-corrected chi connectivity index (χ4v) is 2.03. The number of nitrogen functional groups attached to an aromatic ring is 1. The largest absolute Gasteiger partial charge is 0.495 e. The minimum Gasteiger partial charge on any atom is -0.495 e. The highest BCUT2D eigenvalue weighted by molar-refractivity contribution is 6.07. The van der Waals surface area contributed by atoms with Gasteiger partial charge in [0.15, 0.2) is 11.6 Å². The zero-order chi connectivity index (χ0) is 16.2. The second-order valence-electron chi connectivity index (χ2n) is 4.62. The quantitative estimate of drug-likeness (QED) is 0.767. The van der Waals surface area contributed by atoms with Crippen molar-refractivity contribution in [3.63, 3.8) is 0 Å². The van der Waals surface area contributed by atoms with E-state index >= 15 is 0 Å². The third kappa shape index (κ3) is 2.98. The number of amides is 1. The molecule has 0 atom stereocenters. The number of anilines is 2. The molecule has 0 aliphatic heterocycles. The summed E-state index contributed by atoms with van der Waals surface area (Å²) in [6.45, 7) is 0. The van der Waals surface area contributed by atoms with Gasteiger partial charge in [0.1, 0.15) is 17.1 Å². The van der Waals surface area contributed by atoms with E-state index in [9.17, 15) is 4.79 Å². The Morgan fingerprint density at radius 3 is 2.78 bits per heavy atom. The van der Waals surface area contributed by atoms with Crippen molar-refractivity contribution in [3.8, 4) is 17.3 Å². The van der Waals surface area contributed by atoms with Gasteiger partial charge in [-0.3, -0.25) is 4.79 Å². The van der Waals surface area contributed by atoms with E-state index < -0.39 is 5.91 Å². The molecule has 0 unspecified atom stereocenters. The van der Waals surface area contributed by atoms with E-state index in [0.717, 1.165) is 0 Å². The summed E-state index contributed by atoms with van der Waals surface area (Å²) in [6, 6.07) is 10.5. The Bertz CT molecular complexity index is 831. The summed E-state index contributed by atoms with van der Waals surface area (Å²) >= 11 is 0. The van der Waals surface area contributed by atoms with Crippen molar-refractivity contribution in [1.29, 1.82) is 0 Å². The number of para-hydroxylation sites is 2. The molecule has 3 N–H and O–H groups in total. The number of benzene rings is 1. The van der Waals surface area contributed by atoms with Gasteiger partial charge in [0.2, 0.25) is 0 Å². The number of carbonyl (C=O) groups excluding carboxylic acids is 1. The first-order valence-corrected chi connectivity index (χ1v) is 6.80. The van der Waals surface area contributed by atoms with Crippen LogP contribution < -0.4 is 15.8 Å². The van der Waals surface area contributed by atoms with E-state index in [1.165, 1.54) is 19.6 Å². The van der Waals surface area contributed by atoms with E-state index in [-0.39, 0.29) is 11.4 Å². The van der Waals surface area contributed by atoms with Crippen LogP contribution in [0.3, 0.4) is 0 Å². The summed E-state index contributed by atoms with van der Waals surface area (Å²) in [4.78, 5) is 20.6. The second kappa shape index (κ2) is 6.18. The first-order chi connectivity index (χ1) is 11.2. The number of hydrogen-bond acceptors (Lipinski definition) is 6. The number of nitrogens with zero attached hydrogens (tertiary/aromatic N) is 2. The van der Waals surface area contributed by atoms with Crippen molar-refractivity contribution in [2.45, 2.75) is 0 Å². The molecule has 0 fully saturated rings. The van der Waals surface area contributed by atoms with E-state index in [4.69, 9.17) is 14.9 Å². The number of rotatable bonds is 4. The third-order valence-corrected chi connectivity index (χ3v) is 3.16. The van der Waals surface area contributed by atoms with Crippen molar-refractivity contribution in [1.82, 2.24) is 9.97 Å². The van der Waals surface area contributed by atoms with Crippen LogP contribution in [0, 0.1) is 0 Å². The van der Waals surface area contributed by atoms with Gasteiger partial charge in [-0.05, 0) is 24.3 Å². The summed E-state index contributed by atoms with van der Waals surface area (Å²) in [5.41, 5.74) is 6.58. The van der Waals surface area contributed by atoms with Crippen LogP contribution in [0.4, 0.5) is 11.5 Å². The average Bonchev–Trinajstić information content (AvgIpc) is 3.09. The van der Waals surface area contributed by atoms with Crippen LogP contribution in [-0.2, 0) is 0 Å². The van der Waals surface area contributed by atoms with Gasteiger partial charge in [-0.15, -0.1) is 0 Å². The number of aromatic nitrogens is 2. The highest BCUT2D eigenvalue weighted by Gasteiger charge is 2.16. The summed E-state index contributed by atoms with van der Waals surface area (Å²) in [6.07, 6.45) is 2.88. The van der Waals surface area contributed by atoms with Gasteiger partial charge in [0.25, 0.3) is 5.91 Å². The molecule has 1 amide bonds. The van der Waals surface area contributed by atoms with Crippen LogP contribution in [0.15, 0.2) is 53.3 Å². The molecule has 0 aliphatic carbocycles. The van der Waals surface area contributed by atoms with E-state index in [1.54, 1.807) is 30.3 Å². The molecule has 3 rings (SSSR count). The van der Waals surface area contributed by atoms with Gasteiger partial charge >= 0.3 is 0 Å². The molecule has 3 aromatic rings. The number of nitrogens with two attached hydrogens (primary N) is 1. The van der Waals surface area contributed by atoms with Crippen molar-refractivity contribution in [3.05, 3.63) is 54.4 Å². The maximum atomic E-state index is 12.4. The lowest BCUT2D eigenvalue weighted by atomic mass is 10.2. The molecule has 0 bridgehead atoms. The van der Waals surface area contributed by atoms with Crippen LogP contribution in [0.2, 0.25) is 0 Å². The molecule has 23 heavy (non-hydrogen) atoms. The van der Waals surface area contributed by atoms with Crippen LogP contribution >= 0.6 is 0 Å². The predicted molar refractivity (Wildman–Crippen MR) is 85.1 cm³/mol. The standard InChI is InChI=1S/C16H14N4O3/c1-22-12-6-3-2-5-11(12)19-16(21)10-9-18-15(20-14(10)17)13-7-4-8-23-13/h2-9H,1H3,(H,19,21)(H2,17,18,20). The Morgan fingerprint density at radius 2 is 2.09 bits per heavy atom. The molecule has 0 spiro atoms. The highest BCUT2D eigenvalue weighted by atomic mass is 16.5. The lowest BCUT2D eigenvalue weighted by Crippen LogP contribution is -2.16. The predicted octanol–water partition coefficient (Wildman–Crippen LogP) is 2.58. The van der Waals surface area contributed by atoms with Gasteiger partial charge in [-0.2, -0.15) is 0 Å². The Kier molecular flexibility index (Phi) is 3.92. The molecule has 0 radical (unpaired) electrons. The van der Waals surface area contributed by atoms with Crippen LogP contribution in [0.25, 0.3) is 11.6 Å². The summed E-state index contributed by atoms with van der Waals surface area (Å²) < 4.78 is 10.4. The number of carbonyl (C=O) groups is 1. The van der Waals surface area contributed by atoms with E-state index in [2.05, 4.69) is 15.3 Å². The van der Waals surface area contributed by atoms with Gasteiger partial charge in [-0.25, -0.2) is 9.97 Å². The summed E-state index contributed by atoms with van der Waals surface area (Å²) in [5.74, 6) is 0.999. The number of nitrogens with one attached hydrogen (secondary N) is 1. The first-order valence-electron chi connectivity index (χ1n) is 6.80. The number of furan rings is 1. The molecule has 7 nitrogen and oxygen atoms in total. The maximum absolute atomic E-state index is 12.4. The second-order valence-corrected chi connectivity index (χ2v) is 4.62. The van der Waals surface area contributed by atoms with E-state index in [1.807, 2.05) is 6.07 Å². The molecular weight excluding hydrogens is 296 g/mol. The summed E-state index contributed by atoms with van der Waals surface area (Å²) in [7, 11) is 1.53. The Hall–Kier alpha value is -3.35. The lowest BCUT2D eigenvalue weighted by molar-refractivity contribution is 0.102. The monoisotopic (exact) mass is 310 g/mol. The lowest BCUT2D eigenvalue weighted by Gasteiger charge is -2.10. The molecule has 0 saturated carbocycles. The minimum atomic E-state index is -0.419. The fourth-order valence-electron chi connectivity index (χ4n) is 2.03. The van der Waals surface area contributed by atoms with Crippen LogP contribution in [0.5, 0.6) is 5.75 Å². The molecule has 0 saturated heterocycles. The molecular formula is C16H14N4O3. The number of hydrogen-bond donors (Lipinski definition) is 2. The Balaban J connectivity index is 1.85. The Labute approximate surface area is 132 Å². The van der Waals surface area contributed by atoms with Crippen molar-refractivity contribution in [2.24, 2.45) is 0 Å². The third-order valence-electron chi connectivity index (χ3n) is 3.16. The zero-order valence-electron chi connectivity index (χ0n) is 12.3. The normalized spacial score (nSPS) is 10.3. The molecule has 116 valence electrons. The van der Waals surface area contributed by atoms with Crippen molar-refractivity contribution in [2.75, 3.05) is 18.2 Å². The zero-order valence-corrected chi connectivity index (χ0v) is 12.3. The van der Waals surface area contributed by atoms with Crippen LogP contribution in [-0.4, -0.2) is 23.0 Å². The van der Waals surface area contributed by atoms with Gasteiger partial charge < -0.3 is 20.2 Å². The minimum absolute atomic E-state index is 0.0683. The summed E-state index contributed by atoms with van der Waals surface area (Å²) in [5, 5.41) is 2.73. The number of ether oxygens (including phenoxy) is 1. The first kappa shape index (κ1) is 14.6. The molecule has 0 aliphatic rings. The highest BCUT2D eigenvalue weighted by Crippen LogP contribution is 2.24. The van der Waals surface area contributed by atoms with Crippen molar-refractivity contribution >= 4 is 17.4 Å². The van der Waals surface area contributed by atoms with Crippen LogP contribution in [0.1, 0.15) is 10.4 Å². The number of methoxy groups -OCH3 is 1. The molecule has 2 aromatic heterocycles. The van der Waals surface area contributed by atoms with E-state index in [0.29, 0.717) is 23.0 Å². The molecule has 7 heteroatoms. The fraction of sp³-hybridized carbons (Fsp3) is 0.0625. The van der Waals surface area contributed by atoms with Gasteiger partial charge in [0.05, 0.1) is 19.1 Å². The topological polar surface area (TPSA) is 103 Å². The van der Waals surface area contributed by atoms with Crippen molar-refractivity contribution < 1.29 is 13.9 Å². The molecule has 2 heterocycles. The van der Waals surface area contributed by atoms with Gasteiger partial charge in [0, 0.05) is 6.20 Å². The smallest absolute Gasteiger partial charge is 0.261 e. The molecule has 1 aromatic carbocycles.